The van der Waals surface area contributed by atoms with Gasteiger partial charge in [0.05, 0.1) is 17.5 Å². The highest BCUT2D eigenvalue weighted by atomic mass is 35.5. The highest BCUT2D eigenvalue weighted by Gasteiger charge is 2.33. The number of hydrogen-bond donors (Lipinski definition) is 1. The summed E-state index contributed by atoms with van der Waals surface area (Å²) in [6, 6.07) is 19.4. The number of benzene rings is 3. The van der Waals surface area contributed by atoms with E-state index in [4.69, 9.17) is 11.6 Å². The molecule has 238 valence electrons. The SMILES string of the molecule is CCCCNC(=O)[C@H](Cc1ccccc1)N(Cc1ccccc1Cl)C(=O)CCCN(c1cccc(C(F)(F)F)c1)S(C)(=O)=O. The maximum Gasteiger partial charge on any atom is 0.416 e. The lowest BCUT2D eigenvalue weighted by Gasteiger charge is -2.32. The minimum Gasteiger partial charge on any atom is -0.354 e. The number of nitrogens with zero attached hydrogens (tertiary/aromatic N) is 2. The summed E-state index contributed by atoms with van der Waals surface area (Å²) >= 11 is 6.44. The van der Waals surface area contributed by atoms with Crippen LogP contribution in [0.25, 0.3) is 0 Å². The molecule has 3 rings (SSSR count). The van der Waals surface area contributed by atoms with E-state index in [0.717, 1.165) is 47.2 Å². The largest absolute Gasteiger partial charge is 0.416 e. The Hall–Kier alpha value is -3.57. The molecule has 0 unspecified atom stereocenters. The first-order valence-corrected chi connectivity index (χ1v) is 16.5. The number of rotatable bonds is 15. The van der Waals surface area contributed by atoms with Crippen LogP contribution in [0.4, 0.5) is 18.9 Å². The molecule has 1 atom stereocenters. The van der Waals surface area contributed by atoms with Gasteiger partial charge in [0.1, 0.15) is 6.04 Å². The number of halogens is 4. The topological polar surface area (TPSA) is 86.8 Å². The van der Waals surface area contributed by atoms with E-state index in [9.17, 15) is 31.2 Å². The minimum absolute atomic E-state index is 0.00329. The second kappa shape index (κ2) is 15.9. The maximum atomic E-state index is 13.9. The molecule has 3 aromatic rings. The summed E-state index contributed by atoms with van der Waals surface area (Å²) in [5.74, 6) is -0.751. The molecule has 0 aliphatic heterocycles. The van der Waals surface area contributed by atoms with Gasteiger partial charge in [-0.3, -0.25) is 13.9 Å². The molecule has 0 bridgehead atoms. The number of unbranched alkanes of at least 4 members (excludes halogenated alkanes) is 1. The molecule has 0 fully saturated rings. The zero-order valence-corrected chi connectivity index (χ0v) is 26.3. The number of nitrogens with one attached hydrogen (secondary N) is 1. The lowest BCUT2D eigenvalue weighted by Crippen LogP contribution is -2.50. The molecule has 0 saturated carbocycles. The van der Waals surface area contributed by atoms with E-state index in [1.165, 1.54) is 11.0 Å². The first kappa shape index (κ1) is 34.9. The van der Waals surface area contributed by atoms with Crippen molar-refractivity contribution in [3.05, 3.63) is 101 Å². The molecule has 0 aliphatic carbocycles. The third kappa shape index (κ3) is 10.3. The van der Waals surface area contributed by atoms with Crippen LogP contribution in [0.2, 0.25) is 5.02 Å². The van der Waals surface area contributed by atoms with Crippen molar-refractivity contribution in [1.29, 1.82) is 0 Å². The van der Waals surface area contributed by atoms with E-state index in [1.54, 1.807) is 24.3 Å². The lowest BCUT2D eigenvalue weighted by atomic mass is 10.0. The number of sulfonamides is 1. The van der Waals surface area contributed by atoms with Gasteiger partial charge >= 0.3 is 6.18 Å². The quantitative estimate of drug-likeness (QED) is 0.191. The van der Waals surface area contributed by atoms with Gasteiger partial charge in [-0.05, 0) is 48.2 Å². The van der Waals surface area contributed by atoms with Crippen LogP contribution in [0.1, 0.15) is 49.3 Å². The van der Waals surface area contributed by atoms with E-state index in [-0.39, 0.29) is 43.9 Å². The fourth-order valence-electron chi connectivity index (χ4n) is 4.71. The summed E-state index contributed by atoms with van der Waals surface area (Å²) in [6.45, 7) is 2.23. The van der Waals surface area contributed by atoms with Gasteiger partial charge < -0.3 is 10.2 Å². The van der Waals surface area contributed by atoms with E-state index >= 15 is 0 Å². The van der Waals surface area contributed by atoms with Crippen LogP contribution in [-0.4, -0.2) is 50.5 Å². The predicted octanol–water partition coefficient (Wildman–Crippen LogP) is 6.46. The van der Waals surface area contributed by atoms with Crippen LogP contribution in [-0.2, 0) is 38.8 Å². The van der Waals surface area contributed by atoms with E-state index < -0.39 is 33.7 Å². The molecule has 0 heterocycles. The zero-order valence-electron chi connectivity index (χ0n) is 24.7. The van der Waals surface area contributed by atoms with Crippen LogP contribution in [0.5, 0.6) is 0 Å². The zero-order chi connectivity index (χ0) is 32.3. The third-order valence-electron chi connectivity index (χ3n) is 7.01. The Labute approximate surface area is 262 Å². The van der Waals surface area contributed by atoms with Gasteiger partial charge in [0, 0.05) is 37.5 Å². The number of anilines is 1. The second-order valence-electron chi connectivity index (χ2n) is 10.4. The van der Waals surface area contributed by atoms with Gasteiger partial charge in [-0.2, -0.15) is 13.2 Å². The number of carbonyl (C=O) groups excluding carboxylic acids is 2. The Bertz CT molecular complexity index is 1500. The molecule has 0 saturated heterocycles. The van der Waals surface area contributed by atoms with Crippen molar-refractivity contribution in [3.8, 4) is 0 Å². The van der Waals surface area contributed by atoms with Gasteiger partial charge in [0.25, 0.3) is 0 Å². The number of carbonyl (C=O) groups is 2. The van der Waals surface area contributed by atoms with Gasteiger partial charge in [0.2, 0.25) is 21.8 Å². The van der Waals surface area contributed by atoms with Gasteiger partial charge in [-0.15, -0.1) is 0 Å². The minimum atomic E-state index is -4.65. The van der Waals surface area contributed by atoms with Gasteiger partial charge in [-0.1, -0.05) is 79.5 Å². The molecule has 3 aromatic carbocycles. The first-order valence-electron chi connectivity index (χ1n) is 14.3. The molecule has 0 aromatic heterocycles. The number of alkyl halides is 3. The second-order valence-corrected chi connectivity index (χ2v) is 12.8. The van der Waals surface area contributed by atoms with Crippen molar-refractivity contribution in [2.75, 3.05) is 23.7 Å². The molecular weight excluding hydrogens is 615 g/mol. The van der Waals surface area contributed by atoms with Crippen molar-refractivity contribution in [2.45, 2.75) is 57.8 Å². The van der Waals surface area contributed by atoms with Crippen LogP contribution < -0.4 is 9.62 Å². The average molecular weight is 652 g/mol. The molecule has 0 spiro atoms. The van der Waals surface area contributed by atoms with Crippen LogP contribution in [0.15, 0.2) is 78.9 Å². The summed E-state index contributed by atoms with van der Waals surface area (Å²) in [5, 5.41) is 3.35. The number of amides is 2. The molecule has 1 N–H and O–H groups in total. The standard InChI is InChI=1S/C32H37ClF3N3O4S/c1-3-4-19-37-31(41)29(21-24-12-6-5-7-13-24)38(23-25-14-8-9-17-28(25)33)30(40)18-11-20-39(44(2,42)43)27-16-10-15-26(22-27)32(34,35)36/h5-10,12-17,22,29H,3-4,11,18-21,23H2,1-2H3,(H,37,41)/t29-/m0/s1. The maximum absolute atomic E-state index is 13.9. The molecule has 2 amide bonds. The highest BCUT2D eigenvalue weighted by molar-refractivity contribution is 7.92. The molecule has 0 aliphatic rings. The highest BCUT2D eigenvalue weighted by Crippen LogP contribution is 2.32. The van der Waals surface area contributed by atoms with E-state index in [1.807, 2.05) is 37.3 Å². The first-order chi connectivity index (χ1) is 20.8. The van der Waals surface area contributed by atoms with Crippen LogP contribution in [0, 0.1) is 0 Å². The Morgan fingerprint density at radius 3 is 2.27 bits per heavy atom. The Kier molecular flexibility index (Phi) is 12.7. The number of hydrogen-bond acceptors (Lipinski definition) is 4. The normalized spacial score (nSPS) is 12.4. The predicted molar refractivity (Wildman–Crippen MR) is 167 cm³/mol. The Balaban J connectivity index is 1.89. The lowest BCUT2D eigenvalue weighted by molar-refractivity contribution is -0.141. The molecular formula is C32H37ClF3N3O4S. The summed E-state index contributed by atoms with van der Waals surface area (Å²) in [5.41, 5.74) is 0.333. The van der Waals surface area contributed by atoms with Crippen LogP contribution >= 0.6 is 11.6 Å². The van der Waals surface area contributed by atoms with Crippen molar-refractivity contribution in [2.24, 2.45) is 0 Å². The fourth-order valence-corrected chi connectivity index (χ4v) is 5.86. The monoisotopic (exact) mass is 651 g/mol. The Morgan fingerprint density at radius 2 is 1.64 bits per heavy atom. The summed E-state index contributed by atoms with van der Waals surface area (Å²) in [7, 11) is -3.98. The average Bonchev–Trinajstić information content (AvgIpc) is 2.97. The third-order valence-corrected chi connectivity index (χ3v) is 8.58. The summed E-state index contributed by atoms with van der Waals surface area (Å²) in [6.07, 6.45) is -2.06. The summed E-state index contributed by atoms with van der Waals surface area (Å²) in [4.78, 5) is 28.9. The Morgan fingerprint density at radius 1 is 0.955 bits per heavy atom. The fraction of sp³-hybridized carbons (Fsp3) is 0.375. The van der Waals surface area contributed by atoms with Gasteiger partial charge in [0.15, 0.2) is 0 Å². The van der Waals surface area contributed by atoms with Crippen molar-refractivity contribution in [1.82, 2.24) is 10.2 Å². The van der Waals surface area contributed by atoms with Gasteiger partial charge in [-0.25, -0.2) is 8.42 Å². The van der Waals surface area contributed by atoms with E-state index in [0.29, 0.717) is 17.1 Å². The van der Waals surface area contributed by atoms with Crippen molar-refractivity contribution < 1.29 is 31.2 Å². The molecule has 7 nitrogen and oxygen atoms in total. The molecule has 0 radical (unpaired) electrons. The van der Waals surface area contributed by atoms with Crippen molar-refractivity contribution in [3.63, 3.8) is 0 Å². The van der Waals surface area contributed by atoms with E-state index in [2.05, 4.69) is 5.32 Å². The smallest absolute Gasteiger partial charge is 0.354 e. The molecule has 12 heteroatoms. The van der Waals surface area contributed by atoms with Crippen molar-refractivity contribution >= 4 is 39.1 Å². The summed E-state index contributed by atoms with van der Waals surface area (Å²) < 4.78 is 66.0. The molecule has 44 heavy (non-hydrogen) atoms. The van der Waals surface area contributed by atoms with Crippen LogP contribution in [0.3, 0.4) is 0 Å².